The first-order valence-electron chi connectivity index (χ1n) is 7.34. The monoisotopic (exact) mass is 356 g/mol. The molecule has 132 valence electrons. The van der Waals surface area contributed by atoms with Crippen LogP contribution in [-0.2, 0) is 24.2 Å². The first-order chi connectivity index (χ1) is 11.2. The molecule has 10 heteroatoms. The Bertz CT molecular complexity index is 709. The first kappa shape index (κ1) is 18.1. The topological polar surface area (TPSA) is 119 Å². The fourth-order valence-electron chi connectivity index (χ4n) is 2.43. The minimum Gasteiger partial charge on any atom is -0.454 e. The highest BCUT2D eigenvalue weighted by molar-refractivity contribution is 7.91. The van der Waals surface area contributed by atoms with Crippen LogP contribution < -0.4 is 10.2 Å². The van der Waals surface area contributed by atoms with Crippen LogP contribution in [0.3, 0.4) is 0 Å². The van der Waals surface area contributed by atoms with E-state index < -0.39 is 33.9 Å². The minimum absolute atomic E-state index is 0.0471. The molecule has 0 spiro atoms. The Labute approximate surface area is 140 Å². The molecule has 0 radical (unpaired) electrons. The van der Waals surface area contributed by atoms with Gasteiger partial charge in [-0.25, -0.2) is 18.4 Å². The van der Waals surface area contributed by atoms with E-state index in [1.165, 1.54) is 4.90 Å². The number of ether oxygens (including phenoxy) is 1. The number of hydrogen-bond donors (Lipinski definition) is 1. The van der Waals surface area contributed by atoms with E-state index >= 15 is 0 Å². The van der Waals surface area contributed by atoms with E-state index in [0.29, 0.717) is 12.4 Å². The van der Waals surface area contributed by atoms with E-state index in [0.717, 1.165) is 0 Å². The molecule has 9 nitrogen and oxygen atoms in total. The number of sulfone groups is 1. The summed E-state index contributed by atoms with van der Waals surface area (Å²) in [5.74, 6) is -0.826. The van der Waals surface area contributed by atoms with Crippen LogP contribution in [0.15, 0.2) is 18.5 Å². The maximum atomic E-state index is 11.9. The number of carbonyl (C=O) groups excluding carboxylic acids is 2. The summed E-state index contributed by atoms with van der Waals surface area (Å²) in [6.07, 6.45) is 3.45. The Balaban J connectivity index is 1.76. The fourth-order valence-corrected chi connectivity index (χ4v) is 4.52. The van der Waals surface area contributed by atoms with Gasteiger partial charge in [-0.15, -0.1) is 0 Å². The molecule has 0 aromatic carbocycles. The van der Waals surface area contributed by atoms with Crippen LogP contribution in [0.4, 0.5) is 5.95 Å². The number of hydrogen-bond acceptors (Lipinski definition) is 8. The maximum absolute atomic E-state index is 11.9. The molecular formula is C14H20N4O5S. The lowest BCUT2D eigenvalue weighted by atomic mass is 10.0. The molecule has 2 heterocycles. The van der Waals surface area contributed by atoms with E-state index in [9.17, 15) is 18.0 Å². The highest BCUT2D eigenvalue weighted by atomic mass is 32.2. The fraction of sp³-hybridized carbons (Fsp3) is 0.571. The highest BCUT2D eigenvalue weighted by Crippen LogP contribution is 2.22. The van der Waals surface area contributed by atoms with Gasteiger partial charge in [0.05, 0.1) is 17.0 Å². The van der Waals surface area contributed by atoms with Crippen LogP contribution in [-0.4, -0.2) is 67.5 Å². The van der Waals surface area contributed by atoms with Crippen LogP contribution >= 0.6 is 0 Å². The number of likely N-dealkylation sites (N-methyl/N-ethyl adjacent to an activating group) is 1. The Hall–Kier alpha value is -2.23. The summed E-state index contributed by atoms with van der Waals surface area (Å²) in [6, 6.07) is 1.66. The van der Waals surface area contributed by atoms with Crippen molar-refractivity contribution in [1.29, 1.82) is 0 Å². The van der Waals surface area contributed by atoms with Crippen LogP contribution in [0.1, 0.15) is 13.3 Å². The number of amides is 1. The molecule has 2 rings (SSSR count). The molecule has 0 bridgehead atoms. The molecule has 1 aliphatic rings. The van der Waals surface area contributed by atoms with Crippen molar-refractivity contribution in [1.82, 2.24) is 15.3 Å². The van der Waals surface area contributed by atoms with E-state index in [4.69, 9.17) is 4.74 Å². The van der Waals surface area contributed by atoms with Crippen molar-refractivity contribution < 1.29 is 22.7 Å². The van der Waals surface area contributed by atoms with Crippen molar-refractivity contribution in [2.75, 3.05) is 36.6 Å². The van der Waals surface area contributed by atoms with Gasteiger partial charge >= 0.3 is 5.97 Å². The molecule has 1 N–H and O–H groups in total. The van der Waals surface area contributed by atoms with Crippen LogP contribution in [0, 0.1) is 0 Å². The number of rotatable bonds is 6. The van der Waals surface area contributed by atoms with Gasteiger partial charge < -0.3 is 15.0 Å². The normalized spacial score (nSPS) is 21.9. The van der Waals surface area contributed by atoms with Crippen molar-refractivity contribution in [3.05, 3.63) is 18.5 Å². The van der Waals surface area contributed by atoms with Crippen LogP contribution in [0.2, 0.25) is 0 Å². The maximum Gasteiger partial charge on any atom is 0.326 e. The predicted molar refractivity (Wildman–Crippen MR) is 86.1 cm³/mol. The van der Waals surface area contributed by atoms with Gasteiger partial charge in [0.15, 0.2) is 16.4 Å². The SMILES string of the molecule is CN(CC(=O)OCC(=O)NC1(C)CCS(=O)(=O)C1)c1ncccn1. The average molecular weight is 356 g/mol. The summed E-state index contributed by atoms with van der Waals surface area (Å²) < 4.78 is 27.9. The molecule has 1 atom stereocenters. The quantitative estimate of drug-likeness (QED) is 0.655. The van der Waals surface area contributed by atoms with Gasteiger partial charge in [-0.3, -0.25) is 9.59 Å². The van der Waals surface area contributed by atoms with Crippen molar-refractivity contribution >= 4 is 27.7 Å². The van der Waals surface area contributed by atoms with Crippen molar-refractivity contribution in [3.63, 3.8) is 0 Å². The zero-order valence-electron chi connectivity index (χ0n) is 13.6. The molecule has 1 aromatic heterocycles. The zero-order valence-corrected chi connectivity index (χ0v) is 14.4. The van der Waals surface area contributed by atoms with Gasteiger partial charge in [0.2, 0.25) is 5.95 Å². The second-order valence-electron chi connectivity index (χ2n) is 6.02. The summed E-state index contributed by atoms with van der Waals surface area (Å²) in [7, 11) is -1.49. The van der Waals surface area contributed by atoms with Gasteiger partial charge in [0.25, 0.3) is 5.91 Å². The Morgan fingerprint density at radius 2 is 2.04 bits per heavy atom. The average Bonchev–Trinajstić information content (AvgIpc) is 2.79. The number of anilines is 1. The van der Waals surface area contributed by atoms with Crippen molar-refractivity contribution in [2.24, 2.45) is 0 Å². The van der Waals surface area contributed by atoms with Gasteiger partial charge in [0.1, 0.15) is 6.54 Å². The standard InChI is InChI=1S/C14H20N4O5S/c1-14(4-7-24(21,22)10-14)17-11(19)9-23-12(20)8-18(2)13-15-5-3-6-16-13/h3,5-6H,4,7-10H2,1-2H3,(H,17,19). The third-order valence-electron chi connectivity index (χ3n) is 3.57. The number of nitrogens with one attached hydrogen (secondary N) is 1. The molecule has 24 heavy (non-hydrogen) atoms. The molecule has 1 fully saturated rings. The minimum atomic E-state index is -3.12. The summed E-state index contributed by atoms with van der Waals surface area (Å²) >= 11 is 0. The predicted octanol–water partition coefficient (Wildman–Crippen LogP) is -0.851. The molecular weight excluding hydrogens is 336 g/mol. The molecule has 1 aromatic rings. The second kappa shape index (κ2) is 7.12. The zero-order chi connectivity index (χ0) is 17.8. The van der Waals surface area contributed by atoms with Crippen LogP contribution in [0.5, 0.6) is 0 Å². The lowest BCUT2D eigenvalue weighted by Gasteiger charge is -2.23. The Morgan fingerprint density at radius 1 is 1.38 bits per heavy atom. The first-order valence-corrected chi connectivity index (χ1v) is 9.16. The third kappa shape index (κ3) is 5.15. The van der Waals surface area contributed by atoms with Gasteiger partial charge in [-0.05, 0) is 19.4 Å². The molecule has 1 saturated heterocycles. The molecule has 0 saturated carbocycles. The summed E-state index contributed by atoms with van der Waals surface area (Å²) in [4.78, 5) is 33.1. The second-order valence-corrected chi connectivity index (χ2v) is 8.20. The molecule has 1 aliphatic heterocycles. The van der Waals surface area contributed by atoms with E-state index in [1.807, 2.05) is 0 Å². The third-order valence-corrected chi connectivity index (χ3v) is 5.47. The van der Waals surface area contributed by atoms with Crippen molar-refractivity contribution in [3.8, 4) is 0 Å². The van der Waals surface area contributed by atoms with E-state index in [1.54, 1.807) is 32.4 Å². The van der Waals surface area contributed by atoms with Crippen molar-refractivity contribution in [2.45, 2.75) is 18.9 Å². The number of esters is 1. The largest absolute Gasteiger partial charge is 0.454 e. The van der Waals surface area contributed by atoms with Crippen LogP contribution in [0.25, 0.3) is 0 Å². The molecule has 1 unspecified atom stereocenters. The number of carbonyl (C=O) groups is 2. The Kier molecular flexibility index (Phi) is 5.37. The summed E-state index contributed by atoms with van der Waals surface area (Å²) in [6.45, 7) is 1.10. The molecule has 0 aliphatic carbocycles. The lowest BCUT2D eigenvalue weighted by molar-refractivity contribution is -0.147. The summed E-state index contributed by atoms with van der Waals surface area (Å²) in [5, 5.41) is 2.62. The summed E-state index contributed by atoms with van der Waals surface area (Å²) in [5.41, 5.74) is -0.809. The lowest BCUT2D eigenvalue weighted by Crippen LogP contribution is -2.48. The Morgan fingerprint density at radius 3 is 2.62 bits per heavy atom. The number of aromatic nitrogens is 2. The van der Waals surface area contributed by atoms with E-state index in [-0.39, 0.29) is 18.1 Å². The smallest absolute Gasteiger partial charge is 0.326 e. The van der Waals surface area contributed by atoms with Gasteiger partial charge in [-0.1, -0.05) is 0 Å². The highest BCUT2D eigenvalue weighted by Gasteiger charge is 2.39. The van der Waals surface area contributed by atoms with Gasteiger partial charge in [0, 0.05) is 19.4 Å². The van der Waals surface area contributed by atoms with Gasteiger partial charge in [-0.2, -0.15) is 0 Å². The number of nitrogens with zero attached hydrogens (tertiary/aromatic N) is 3. The molecule has 1 amide bonds. The van der Waals surface area contributed by atoms with E-state index in [2.05, 4.69) is 15.3 Å².